The Kier molecular flexibility index (Phi) is 6.87. The van der Waals surface area contributed by atoms with Gasteiger partial charge >= 0.3 is 5.97 Å². The number of nitrogens with zero attached hydrogens (tertiary/aromatic N) is 1. The molecule has 2 atom stereocenters. The lowest BCUT2D eigenvalue weighted by Gasteiger charge is -2.40. The molecule has 2 saturated heterocycles. The van der Waals surface area contributed by atoms with Crippen molar-refractivity contribution in [2.75, 3.05) is 6.61 Å². The van der Waals surface area contributed by atoms with Crippen molar-refractivity contribution in [3.8, 4) is 0 Å². The smallest absolute Gasteiger partial charge is 0.337 e. The van der Waals surface area contributed by atoms with E-state index in [1.54, 1.807) is 0 Å². The number of carboxylic acids is 1. The van der Waals surface area contributed by atoms with Crippen molar-refractivity contribution in [2.24, 2.45) is 11.1 Å². The van der Waals surface area contributed by atoms with E-state index in [0.29, 0.717) is 11.8 Å². The Balaban J connectivity index is 0.000000321. The number of aliphatic carboxylic acids is 1. The molecule has 4 N–H and O–H groups in total. The van der Waals surface area contributed by atoms with E-state index in [9.17, 15) is 14.7 Å². The minimum Gasteiger partial charge on any atom is -0.479 e. The van der Waals surface area contributed by atoms with Crippen LogP contribution in [0.3, 0.4) is 0 Å². The van der Waals surface area contributed by atoms with E-state index in [1.807, 2.05) is 6.92 Å². The standard InChI is InChI=1S/C11H15NO5.C8H19N/c1-2-4-11(10(15)16)7(3-5-13)17-9-6-8(14)12(9)11;1-7(2,3)6-8(4,5)9/h3,9,13H,2,4-6H2,1H3,(H,15,16);6,9H2,1-5H3/b7-3+;/t9-,11?;/m1./s1. The molecule has 2 aliphatic rings. The van der Waals surface area contributed by atoms with Crippen molar-refractivity contribution in [1.82, 2.24) is 4.90 Å². The van der Waals surface area contributed by atoms with Crippen molar-refractivity contribution in [1.29, 1.82) is 0 Å². The Bertz CT molecular complexity index is 547. The molecule has 0 aromatic rings. The van der Waals surface area contributed by atoms with E-state index in [0.717, 1.165) is 6.42 Å². The number of hydrogen-bond acceptors (Lipinski definition) is 5. The number of ether oxygens (including phenoxy) is 1. The summed E-state index contributed by atoms with van der Waals surface area (Å²) >= 11 is 0. The highest BCUT2D eigenvalue weighted by atomic mass is 16.5. The number of carboxylic acid groups (broad SMARTS) is 1. The number of aliphatic hydroxyl groups excluding tert-OH is 1. The van der Waals surface area contributed by atoms with Crippen LogP contribution in [0.25, 0.3) is 0 Å². The highest BCUT2D eigenvalue weighted by Gasteiger charge is 2.64. The lowest BCUT2D eigenvalue weighted by Crippen LogP contribution is -2.62. The number of carbonyl (C=O) groups excluding carboxylic acids is 1. The third kappa shape index (κ3) is 4.98. The fourth-order valence-corrected chi connectivity index (χ4v) is 3.89. The van der Waals surface area contributed by atoms with E-state index < -0.39 is 17.7 Å². The Labute approximate surface area is 156 Å². The molecule has 0 bridgehead atoms. The van der Waals surface area contributed by atoms with Gasteiger partial charge in [-0.05, 0) is 38.2 Å². The molecule has 0 aliphatic carbocycles. The van der Waals surface area contributed by atoms with Crippen molar-refractivity contribution >= 4 is 11.9 Å². The number of nitrogens with two attached hydrogens (primary N) is 1. The highest BCUT2D eigenvalue weighted by molar-refractivity contribution is 5.94. The van der Waals surface area contributed by atoms with Crippen LogP contribution < -0.4 is 5.73 Å². The van der Waals surface area contributed by atoms with Gasteiger partial charge in [0.1, 0.15) is 5.76 Å². The number of hydrogen-bond donors (Lipinski definition) is 3. The van der Waals surface area contributed by atoms with Crippen molar-refractivity contribution < 1.29 is 24.5 Å². The first-order valence-corrected chi connectivity index (χ1v) is 9.11. The monoisotopic (exact) mass is 370 g/mol. The summed E-state index contributed by atoms with van der Waals surface area (Å²) in [7, 11) is 0. The second-order valence-corrected chi connectivity index (χ2v) is 8.93. The van der Waals surface area contributed by atoms with Gasteiger partial charge in [0.25, 0.3) is 0 Å². The van der Waals surface area contributed by atoms with Crippen LogP contribution in [-0.2, 0) is 14.3 Å². The van der Waals surface area contributed by atoms with Crippen LogP contribution in [0.1, 0.15) is 67.2 Å². The zero-order valence-electron chi connectivity index (χ0n) is 16.8. The van der Waals surface area contributed by atoms with Gasteiger partial charge < -0.3 is 20.7 Å². The van der Waals surface area contributed by atoms with Gasteiger partial charge in [-0.15, -0.1) is 0 Å². The van der Waals surface area contributed by atoms with E-state index in [2.05, 4.69) is 34.6 Å². The maximum atomic E-state index is 11.5. The molecule has 0 aromatic heterocycles. The van der Waals surface area contributed by atoms with Crippen LogP contribution in [0.4, 0.5) is 0 Å². The maximum absolute atomic E-state index is 11.5. The third-order valence-electron chi connectivity index (χ3n) is 4.22. The van der Waals surface area contributed by atoms with Crippen molar-refractivity contribution in [3.63, 3.8) is 0 Å². The van der Waals surface area contributed by atoms with Crippen molar-refractivity contribution in [2.45, 2.75) is 84.5 Å². The number of aliphatic hydroxyl groups is 1. The quantitative estimate of drug-likeness (QED) is 0.640. The fraction of sp³-hybridized carbons (Fsp3) is 0.789. The Hall–Kier alpha value is -1.60. The van der Waals surface area contributed by atoms with Gasteiger partial charge in [0, 0.05) is 5.54 Å². The van der Waals surface area contributed by atoms with Gasteiger partial charge in [-0.1, -0.05) is 34.1 Å². The number of amides is 1. The van der Waals surface area contributed by atoms with Crippen molar-refractivity contribution in [3.05, 3.63) is 11.8 Å². The van der Waals surface area contributed by atoms with Crippen LogP contribution in [0.15, 0.2) is 11.8 Å². The average molecular weight is 370 g/mol. The van der Waals surface area contributed by atoms with Crippen LogP contribution >= 0.6 is 0 Å². The Morgan fingerprint density at radius 2 is 1.96 bits per heavy atom. The predicted octanol–water partition coefficient (Wildman–Crippen LogP) is 2.23. The second-order valence-electron chi connectivity index (χ2n) is 8.93. The number of rotatable bonds is 5. The van der Waals surface area contributed by atoms with E-state index in [-0.39, 0.29) is 36.7 Å². The molecular formula is C19H34N2O5. The lowest BCUT2D eigenvalue weighted by molar-refractivity contribution is -0.171. The molecule has 1 unspecified atom stereocenters. The summed E-state index contributed by atoms with van der Waals surface area (Å²) in [5.74, 6) is -1.13. The molecule has 1 amide bonds. The zero-order chi connectivity index (χ0) is 20.3. The van der Waals surface area contributed by atoms with E-state index in [1.165, 1.54) is 11.0 Å². The molecular weight excluding hydrogens is 336 g/mol. The molecule has 0 spiro atoms. The Morgan fingerprint density at radius 3 is 2.27 bits per heavy atom. The van der Waals surface area contributed by atoms with Gasteiger partial charge in [-0.3, -0.25) is 9.69 Å². The molecule has 0 saturated carbocycles. The summed E-state index contributed by atoms with van der Waals surface area (Å²) in [5, 5.41) is 18.4. The Morgan fingerprint density at radius 1 is 1.38 bits per heavy atom. The average Bonchev–Trinajstić information content (AvgIpc) is 2.65. The molecule has 0 radical (unpaired) electrons. The van der Waals surface area contributed by atoms with Crippen LogP contribution in [0, 0.1) is 5.41 Å². The molecule has 0 aromatic carbocycles. The van der Waals surface area contributed by atoms with Crippen LogP contribution in [0.5, 0.6) is 0 Å². The molecule has 2 rings (SSSR count). The van der Waals surface area contributed by atoms with Gasteiger partial charge in [-0.2, -0.15) is 0 Å². The summed E-state index contributed by atoms with van der Waals surface area (Å²) in [6, 6.07) is 0. The van der Waals surface area contributed by atoms with Gasteiger partial charge in [0.05, 0.1) is 13.0 Å². The van der Waals surface area contributed by atoms with Gasteiger partial charge in [-0.25, -0.2) is 4.79 Å². The molecule has 7 heteroatoms. The fourth-order valence-electron chi connectivity index (χ4n) is 3.89. The van der Waals surface area contributed by atoms with Gasteiger partial charge in [0.2, 0.25) is 11.4 Å². The summed E-state index contributed by atoms with van der Waals surface area (Å²) in [6.07, 6.45) is 3.02. The largest absolute Gasteiger partial charge is 0.479 e. The van der Waals surface area contributed by atoms with E-state index >= 15 is 0 Å². The predicted molar refractivity (Wildman–Crippen MR) is 99.1 cm³/mol. The first-order valence-electron chi connectivity index (χ1n) is 9.11. The summed E-state index contributed by atoms with van der Waals surface area (Å²) in [6.45, 7) is 12.3. The maximum Gasteiger partial charge on any atom is 0.337 e. The van der Waals surface area contributed by atoms with Crippen LogP contribution in [-0.4, -0.2) is 50.9 Å². The molecule has 150 valence electrons. The first-order chi connectivity index (χ1) is 11.8. The number of β-lactam (4-membered cyclic amide) rings is 1. The van der Waals surface area contributed by atoms with Gasteiger partial charge in [0.15, 0.2) is 6.23 Å². The first kappa shape index (κ1) is 22.4. The molecule has 2 fully saturated rings. The summed E-state index contributed by atoms with van der Waals surface area (Å²) in [5.41, 5.74) is 4.75. The molecule has 2 aliphatic heterocycles. The molecule has 2 heterocycles. The summed E-state index contributed by atoms with van der Waals surface area (Å²) < 4.78 is 5.43. The molecule has 7 nitrogen and oxygen atoms in total. The highest BCUT2D eigenvalue weighted by Crippen LogP contribution is 2.46. The van der Waals surface area contributed by atoms with Crippen LogP contribution in [0.2, 0.25) is 0 Å². The zero-order valence-corrected chi connectivity index (χ0v) is 16.8. The SMILES string of the molecule is CC(C)(C)CC(C)(C)N.CCCC1(C(=O)O)/C(=C\CO)O[C@@H]2CC(=O)N21. The topological polar surface area (TPSA) is 113 Å². The minimum absolute atomic E-state index is 0.0156. The lowest BCUT2D eigenvalue weighted by atomic mass is 9.82. The normalized spacial score (nSPS) is 26.6. The second kappa shape index (κ2) is 7.96. The minimum atomic E-state index is -1.42. The van der Waals surface area contributed by atoms with E-state index in [4.69, 9.17) is 15.6 Å². The number of carbonyl (C=O) groups is 2. The summed E-state index contributed by atoms with van der Waals surface area (Å²) in [4.78, 5) is 24.4. The third-order valence-corrected chi connectivity index (χ3v) is 4.22. The molecule has 26 heavy (non-hydrogen) atoms. The number of fused-ring (bicyclic) bond motifs is 1.